The maximum atomic E-state index is 12.0. The number of likely N-dealkylation sites (N-methyl/N-ethyl adjacent to an activating group) is 1. The van der Waals surface area contributed by atoms with Crippen LogP contribution in [0.2, 0.25) is 0 Å². The van der Waals surface area contributed by atoms with E-state index in [9.17, 15) is 9.59 Å². The molecule has 30 heavy (non-hydrogen) atoms. The van der Waals surface area contributed by atoms with E-state index in [1.807, 2.05) is 47.3 Å². The van der Waals surface area contributed by atoms with Gasteiger partial charge in [-0.15, -0.1) is 0 Å². The fourth-order valence-electron chi connectivity index (χ4n) is 2.94. The van der Waals surface area contributed by atoms with Crippen molar-refractivity contribution >= 4 is 18.0 Å². The topological polar surface area (TPSA) is 73.2 Å². The van der Waals surface area contributed by atoms with Crippen molar-refractivity contribution in [2.75, 3.05) is 13.7 Å². The fraction of sp³-hybridized carbons (Fsp3) is 0.208. The second-order valence-corrected chi connectivity index (χ2v) is 7.03. The Labute approximate surface area is 176 Å². The molecule has 0 aliphatic carbocycles. The molecule has 3 aromatic rings. The molecule has 0 saturated heterocycles. The van der Waals surface area contributed by atoms with Crippen LogP contribution in [0.25, 0.3) is 17.3 Å². The molecule has 0 atom stereocenters. The highest BCUT2D eigenvalue weighted by atomic mass is 16.5. The lowest BCUT2D eigenvalue weighted by Crippen LogP contribution is -2.24. The maximum absolute atomic E-state index is 12.0. The first kappa shape index (κ1) is 21.0. The van der Waals surface area contributed by atoms with Crippen molar-refractivity contribution in [3.05, 3.63) is 83.1 Å². The summed E-state index contributed by atoms with van der Waals surface area (Å²) in [6, 6.07) is 16.2. The number of aromatic nitrogens is 2. The summed E-state index contributed by atoms with van der Waals surface area (Å²) in [5.41, 5.74) is 6.06. The average molecular weight is 403 g/mol. The molecule has 1 N–H and O–H groups in total. The summed E-state index contributed by atoms with van der Waals surface area (Å²) in [5.74, 6) is -0.941. The third kappa shape index (κ3) is 5.44. The molecule has 3 rings (SSSR count). The highest BCUT2D eigenvalue weighted by Crippen LogP contribution is 2.26. The van der Waals surface area contributed by atoms with Gasteiger partial charge in [0.15, 0.2) is 6.61 Å². The van der Waals surface area contributed by atoms with Gasteiger partial charge < -0.3 is 10.1 Å². The molecule has 1 amide bonds. The molecular weight excluding hydrogens is 378 g/mol. The highest BCUT2D eigenvalue weighted by Gasteiger charge is 2.12. The molecule has 0 aliphatic heterocycles. The standard InChI is InChI=1S/C24H25N3O3/c1-17-9-10-20(13-18(17)2)24-21(11-12-23(29)30-16-22(28)25-3)15-27(26-24)14-19-7-5-4-6-8-19/h4-13,15H,14,16H2,1-3H3,(H,25,28)/b12-11+. The Morgan fingerprint density at radius 2 is 1.87 bits per heavy atom. The molecule has 0 saturated carbocycles. The molecule has 2 aromatic carbocycles. The quantitative estimate of drug-likeness (QED) is 0.484. The number of esters is 1. The molecule has 1 aromatic heterocycles. The zero-order chi connectivity index (χ0) is 21.5. The van der Waals surface area contributed by atoms with Crippen LogP contribution in [-0.4, -0.2) is 35.3 Å². The molecule has 0 fully saturated rings. The monoisotopic (exact) mass is 403 g/mol. The van der Waals surface area contributed by atoms with Crippen molar-refractivity contribution < 1.29 is 14.3 Å². The number of carbonyl (C=O) groups is 2. The van der Waals surface area contributed by atoms with Crippen LogP contribution in [0.5, 0.6) is 0 Å². The van der Waals surface area contributed by atoms with Crippen molar-refractivity contribution in [2.45, 2.75) is 20.4 Å². The number of rotatable bonds is 7. The summed E-state index contributed by atoms with van der Waals surface area (Å²) in [4.78, 5) is 23.2. The fourth-order valence-corrected chi connectivity index (χ4v) is 2.94. The second-order valence-electron chi connectivity index (χ2n) is 7.03. The Morgan fingerprint density at radius 1 is 1.10 bits per heavy atom. The Morgan fingerprint density at radius 3 is 2.57 bits per heavy atom. The van der Waals surface area contributed by atoms with Gasteiger partial charge in [0, 0.05) is 30.4 Å². The van der Waals surface area contributed by atoms with Gasteiger partial charge in [-0.3, -0.25) is 9.48 Å². The van der Waals surface area contributed by atoms with Crippen molar-refractivity contribution in [2.24, 2.45) is 0 Å². The number of nitrogens with one attached hydrogen (secondary N) is 1. The second kappa shape index (κ2) is 9.69. The minimum atomic E-state index is -0.583. The van der Waals surface area contributed by atoms with Gasteiger partial charge in [-0.25, -0.2) is 4.79 Å². The van der Waals surface area contributed by atoms with Crippen molar-refractivity contribution in [3.8, 4) is 11.3 Å². The van der Waals surface area contributed by atoms with Gasteiger partial charge in [-0.2, -0.15) is 5.10 Å². The first-order valence-corrected chi connectivity index (χ1v) is 9.70. The number of aryl methyl sites for hydroxylation is 2. The van der Waals surface area contributed by atoms with E-state index < -0.39 is 5.97 Å². The van der Waals surface area contributed by atoms with Gasteiger partial charge in [0.2, 0.25) is 0 Å². The Kier molecular flexibility index (Phi) is 6.80. The van der Waals surface area contributed by atoms with Crippen LogP contribution in [0.3, 0.4) is 0 Å². The van der Waals surface area contributed by atoms with Crippen LogP contribution < -0.4 is 5.32 Å². The molecule has 0 unspecified atom stereocenters. The van der Waals surface area contributed by atoms with Crippen molar-refractivity contribution in [1.29, 1.82) is 0 Å². The van der Waals surface area contributed by atoms with Gasteiger partial charge in [-0.05, 0) is 42.7 Å². The zero-order valence-corrected chi connectivity index (χ0v) is 17.4. The molecule has 0 radical (unpaired) electrons. The number of nitrogens with zero attached hydrogens (tertiary/aromatic N) is 2. The number of amides is 1. The first-order chi connectivity index (χ1) is 14.5. The van der Waals surface area contributed by atoms with E-state index in [0.717, 1.165) is 22.4 Å². The first-order valence-electron chi connectivity index (χ1n) is 9.70. The third-order valence-corrected chi connectivity index (χ3v) is 4.78. The lowest BCUT2D eigenvalue weighted by Gasteiger charge is -2.04. The summed E-state index contributed by atoms with van der Waals surface area (Å²) in [5, 5.41) is 7.17. The van der Waals surface area contributed by atoms with Gasteiger partial charge in [0.05, 0.1) is 12.2 Å². The van der Waals surface area contributed by atoms with Gasteiger partial charge in [0.1, 0.15) is 0 Å². The minimum Gasteiger partial charge on any atom is -0.452 e. The van der Waals surface area contributed by atoms with Crippen molar-refractivity contribution in [3.63, 3.8) is 0 Å². The number of ether oxygens (including phenoxy) is 1. The Balaban J connectivity index is 1.89. The molecule has 0 bridgehead atoms. The summed E-state index contributed by atoms with van der Waals surface area (Å²) in [7, 11) is 1.49. The van der Waals surface area contributed by atoms with E-state index >= 15 is 0 Å². The molecule has 0 spiro atoms. The molecular formula is C24H25N3O3. The molecule has 154 valence electrons. The lowest BCUT2D eigenvalue weighted by molar-refractivity contribution is -0.143. The summed E-state index contributed by atoms with van der Waals surface area (Å²) >= 11 is 0. The summed E-state index contributed by atoms with van der Waals surface area (Å²) in [6.07, 6.45) is 4.89. The number of hydrogen-bond acceptors (Lipinski definition) is 4. The van der Waals surface area contributed by atoms with E-state index in [0.29, 0.717) is 6.54 Å². The number of hydrogen-bond donors (Lipinski definition) is 1. The normalized spacial score (nSPS) is 10.9. The SMILES string of the molecule is CNC(=O)COC(=O)/C=C/c1cn(Cc2ccccc2)nc1-c1ccc(C)c(C)c1. The van der Waals surface area contributed by atoms with E-state index in [4.69, 9.17) is 9.84 Å². The van der Waals surface area contributed by atoms with E-state index in [-0.39, 0.29) is 12.5 Å². The third-order valence-electron chi connectivity index (χ3n) is 4.78. The zero-order valence-electron chi connectivity index (χ0n) is 17.4. The highest BCUT2D eigenvalue weighted by molar-refractivity contribution is 5.90. The number of benzene rings is 2. The van der Waals surface area contributed by atoms with E-state index in [1.165, 1.54) is 24.3 Å². The van der Waals surface area contributed by atoms with Crippen LogP contribution in [-0.2, 0) is 20.9 Å². The Bertz CT molecular complexity index is 1070. The predicted octanol–water partition coefficient (Wildman–Crippen LogP) is 3.52. The minimum absolute atomic E-state index is 0.309. The number of carbonyl (C=O) groups excluding carboxylic acids is 2. The average Bonchev–Trinajstić information content (AvgIpc) is 3.15. The van der Waals surface area contributed by atoms with E-state index in [1.54, 1.807) is 6.08 Å². The van der Waals surface area contributed by atoms with E-state index in [2.05, 4.69) is 31.3 Å². The molecule has 1 heterocycles. The van der Waals surface area contributed by atoms with Crippen LogP contribution in [0.15, 0.2) is 60.8 Å². The Hall–Kier alpha value is -3.67. The van der Waals surface area contributed by atoms with Crippen LogP contribution in [0.1, 0.15) is 22.3 Å². The molecule has 6 heteroatoms. The molecule has 6 nitrogen and oxygen atoms in total. The van der Waals surface area contributed by atoms with Crippen molar-refractivity contribution in [1.82, 2.24) is 15.1 Å². The predicted molar refractivity (Wildman–Crippen MR) is 117 cm³/mol. The van der Waals surface area contributed by atoms with Gasteiger partial charge in [0.25, 0.3) is 5.91 Å². The molecule has 0 aliphatic rings. The lowest BCUT2D eigenvalue weighted by atomic mass is 10.0. The van der Waals surface area contributed by atoms with Crippen LogP contribution >= 0.6 is 0 Å². The van der Waals surface area contributed by atoms with Crippen LogP contribution in [0, 0.1) is 13.8 Å². The van der Waals surface area contributed by atoms with Gasteiger partial charge in [-0.1, -0.05) is 42.5 Å². The largest absolute Gasteiger partial charge is 0.452 e. The van der Waals surface area contributed by atoms with Gasteiger partial charge >= 0.3 is 5.97 Å². The summed E-state index contributed by atoms with van der Waals surface area (Å²) < 4.78 is 6.79. The smallest absolute Gasteiger partial charge is 0.331 e. The summed E-state index contributed by atoms with van der Waals surface area (Å²) in [6.45, 7) is 4.44. The maximum Gasteiger partial charge on any atom is 0.331 e. The van der Waals surface area contributed by atoms with Crippen LogP contribution in [0.4, 0.5) is 0 Å².